The maximum absolute atomic E-state index is 12.2. The van der Waals surface area contributed by atoms with Crippen LogP contribution in [0, 0.1) is 5.92 Å². The minimum absolute atomic E-state index is 0.0797. The molecule has 1 amide bonds. The molecule has 0 fully saturated rings. The molecule has 0 aliphatic heterocycles. The van der Waals surface area contributed by atoms with E-state index in [1.807, 2.05) is 30.5 Å². The molecule has 6 heteroatoms. The molecule has 6 nitrogen and oxygen atoms in total. The summed E-state index contributed by atoms with van der Waals surface area (Å²) in [6.45, 7) is 3.46. The molecule has 0 unspecified atom stereocenters. The van der Waals surface area contributed by atoms with E-state index < -0.39 is 24.0 Å². The molecular formula is C17H23N3O3. The SMILES string of the molecule is [2H]Cn1cc(C[C@H](N)C(=O)N[C@H](C(=O)O)C(C)C)c2ccccc21. The van der Waals surface area contributed by atoms with Gasteiger partial charge in [-0.15, -0.1) is 0 Å². The topological polar surface area (TPSA) is 97.4 Å². The van der Waals surface area contributed by atoms with Gasteiger partial charge in [0.25, 0.3) is 0 Å². The number of aryl methyl sites for hydroxylation is 1. The first-order chi connectivity index (χ1) is 11.3. The number of nitrogens with zero attached hydrogens (tertiary/aromatic N) is 1. The first kappa shape index (κ1) is 15.6. The number of carbonyl (C=O) groups is 2. The molecule has 0 radical (unpaired) electrons. The summed E-state index contributed by atoms with van der Waals surface area (Å²) in [4.78, 5) is 23.4. The van der Waals surface area contributed by atoms with Crippen LogP contribution in [0.2, 0.25) is 0 Å². The molecule has 0 spiro atoms. The highest BCUT2D eigenvalue weighted by Crippen LogP contribution is 2.21. The molecule has 0 aliphatic carbocycles. The summed E-state index contributed by atoms with van der Waals surface area (Å²) in [7, 11) is 0.0797. The number of nitrogens with one attached hydrogen (secondary N) is 1. The van der Waals surface area contributed by atoms with Crippen LogP contribution < -0.4 is 11.1 Å². The summed E-state index contributed by atoms with van der Waals surface area (Å²) in [5.74, 6) is -1.79. The van der Waals surface area contributed by atoms with E-state index in [4.69, 9.17) is 12.2 Å². The highest BCUT2D eigenvalue weighted by molar-refractivity contribution is 5.89. The lowest BCUT2D eigenvalue weighted by atomic mass is 10.0. The van der Waals surface area contributed by atoms with Crippen molar-refractivity contribution in [2.75, 3.05) is 0 Å². The third kappa shape index (κ3) is 3.71. The number of carboxylic acid groups (broad SMARTS) is 1. The average molecular weight is 318 g/mol. The maximum Gasteiger partial charge on any atom is 0.326 e. The van der Waals surface area contributed by atoms with E-state index in [2.05, 4.69) is 5.32 Å². The van der Waals surface area contributed by atoms with Crippen molar-refractivity contribution >= 4 is 22.8 Å². The summed E-state index contributed by atoms with van der Waals surface area (Å²) in [6, 6.07) is 5.82. The lowest BCUT2D eigenvalue weighted by molar-refractivity contribution is -0.143. The van der Waals surface area contributed by atoms with Gasteiger partial charge in [-0.2, -0.15) is 0 Å². The molecule has 1 aromatic heterocycles. The molecule has 2 aromatic rings. The standard InChI is InChI=1S/C17H23N3O3/c1-10(2)15(17(22)23)19-16(21)13(18)8-11-9-20(3)14-7-5-4-6-12(11)14/h4-7,9-10,13,15H,8,18H2,1-3H3,(H,19,21)(H,22,23)/t13-,15-/m0/s1/i3D. The number of para-hydroxylation sites is 1. The van der Waals surface area contributed by atoms with Gasteiger partial charge in [0, 0.05) is 25.5 Å². The zero-order chi connectivity index (χ0) is 17.9. The molecular weight excluding hydrogens is 294 g/mol. The predicted molar refractivity (Wildman–Crippen MR) is 89.0 cm³/mol. The van der Waals surface area contributed by atoms with Crippen molar-refractivity contribution < 1.29 is 16.1 Å². The van der Waals surface area contributed by atoms with E-state index in [1.54, 1.807) is 18.4 Å². The Labute approximate surface area is 136 Å². The Bertz CT molecular complexity index is 742. The second kappa shape index (κ2) is 6.83. The average Bonchev–Trinajstić information content (AvgIpc) is 2.89. The molecule has 23 heavy (non-hydrogen) atoms. The number of benzene rings is 1. The number of hydrogen-bond donors (Lipinski definition) is 3. The van der Waals surface area contributed by atoms with Crippen LogP contribution in [0.25, 0.3) is 10.9 Å². The molecule has 0 aliphatic rings. The van der Waals surface area contributed by atoms with Gasteiger partial charge in [0.05, 0.1) is 6.04 Å². The lowest BCUT2D eigenvalue weighted by Gasteiger charge is -2.20. The Kier molecular flexibility index (Phi) is 4.62. The number of nitrogens with two attached hydrogens (primary N) is 1. The molecule has 1 heterocycles. The molecule has 1 aromatic carbocycles. The number of carbonyl (C=O) groups excluding carboxylic acids is 1. The van der Waals surface area contributed by atoms with Crippen molar-refractivity contribution in [3.05, 3.63) is 36.0 Å². The van der Waals surface area contributed by atoms with Gasteiger partial charge < -0.3 is 20.7 Å². The van der Waals surface area contributed by atoms with Crippen LogP contribution in [0.4, 0.5) is 0 Å². The third-order valence-corrected chi connectivity index (χ3v) is 3.88. The summed E-state index contributed by atoms with van der Waals surface area (Å²) in [6.07, 6.45) is 2.10. The second-order valence-corrected chi connectivity index (χ2v) is 6.02. The van der Waals surface area contributed by atoms with E-state index in [-0.39, 0.29) is 19.4 Å². The zero-order valence-electron chi connectivity index (χ0n) is 14.3. The van der Waals surface area contributed by atoms with Gasteiger partial charge in [-0.05, 0) is 24.0 Å². The Balaban J connectivity index is 2.16. The first-order valence-electron chi connectivity index (χ1n) is 8.20. The van der Waals surface area contributed by atoms with E-state index in [1.165, 1.54) is 0 Å². The van der Waals surface area contributed by atoms with Crippen LogP contribution in [0.3, 0.4) is 0 Å². The molecule has 4 N–H and O–H groups in total. The minimum atomic E-state index is -1.07. The largest absolute Gasteiger partial charge is 0.480 e. The molecule has 2 atom stereocenters. The van der Waals surface area contributed by atoms with E-state index in [0.717, 1.165) is 16.5 Å². The van der Waals surface area contributed by atoms with Crippen LogP contribution in [0.1, 0.15) is 20.8 Å². The van der Waals surface area contributed by atoms with Gasteiger partial charge >= 0.3 is 5.97 Å². The number of rotatable bonds is 6. The molecule has 124 valence electrons. The summed E-state index contributed by atoms with van der Waals surface area (Å²) in [5.41, 5.74) is 7.77. The van der Waals surface area contributed by atoms with Crippen LogP contribution in [-0.4, -0.2) is 33.6 Å². The maximum atomic E-state index is 12.2. The summed E-state index contributed by atoms with van der Waals surface area (Å²) < 4.78 is 9.36. The van der Waals surface area contributed by atoms with Gasteiger partial charge in [-0.1, -0.05) is 32.0 Å². The number of hydrogen-bond acceptors (Lipinski definition) is 3. The van der Waals surface area contributed by atoms with Crippen molar-refractivity contribution in [1.29, 1.82) is 0 Å². The second-order valence-electron chi connectivity index (χ2n) is 6.02. The smallest absolute Gasteiger partial charge is 0.326 e. The highest BCUT2D eigenvalue weighted by Gasteiger charge is 2.26. The lowest BCUT2D eigenvalue weighted by Crippen LogP contribution is -2.51. The van der Waals surface area contributed by atoms with Gasteiger partial charge in [0.1, 0.15) is 6.04 Å². The minimum Gasteiger partial charge on any atom is -0.480 e. The number of carboxylic acids is 1. The first-order valence-corrected chi connectivity index (χ1v) is 7.50. The quantitative estimate of drug-likeness (QED) is 0.747. The fourth-order valence-corrected chi connectivity index (χ4v) is 2.59. The van der Waals surface area contributed by atoms with Crippen LogP contribution >= 0.6 is 0 Å². The Hall–Kier alpha value is -2.34. The van der Waals surface area contributed by atoms with Crippen LogP contribution in [-0.2, 0) is 23.0 Å². The van der Waals surface area contributed by atoms with Crippen molar-refractivity contribution in [2.45, 2.75) is 32.4 Å². The predicted octanol–water partition coefficient (Wildman–Crippen LogP) is 1.27. The Morgan fingerprint density at radius 2 is 2.09 bits per heavy atom. The van der Waals surface area contributed by atoms with Gasteiger partial charge in [-0.3, -0.25) is 4.79 Å². The molecule has 0 bridgehead atoms. The van der Waals surface area contributed by atoms with Crippen molar-refractivity contribution in [3.63, 3.8) is 0 Å². The normalized spacial score (nSPS) is 14.5. The Morgan fingerprint density at radius 3 is 2.70 bits per heavy atom. The highest BCUT2D eigenvalue weighted by atomic mass is 16.4. The van der Waals surface area contributed by atoms with Crippen LogP contribution in [0.5, 0.6) is 0 Å². The molecule has 0 saturated heterocycles. The zero-order valence-corrected chi connectivity index (χ0v) is 13.3. The fourth-order valence-electron chi connectivity index (χ4n) is 2.59. The number of aliphatic carboxylic acids is 1. The van der Waals surface area contributed by atoms with E-state index in [0.29, 0.717) is 0 Å². The van der Waals surface area contributed by atoms with Gasteiger partial charge in [0.2, 0.25) is 5.91 Å². The van der Waals surface area contributed by atoms with Crippen molar-refractivity contribution in [1.82, 2.24) is 9.88 Å². The molecule has 0 saturated carbocycles. The van der Waals surface area contributed by atoms with Gasteiger partial charge in [-0.25, -0.2) is 4.79 Å². The van der Waals surface area contributed by atoms with Crippen LogP contribution in [0.15, 0.2) is 30.5 Å². The fraction of sp³-hybridized carbons (Fsp3) is 0.412. The van der Waals surface area contributed by atoms with Gasteiger partial charge in [0.15, 0.2) is 0 Å². The molecule has 2 rings (SSSR count). The number of fused-ring (bicyclic) bond motifs is 1. The summed E-state index contributed by atoms with van der Waals surface area (Å²) in [5, 5.41) is 12.6. The van der Waals surface area contributed by atoms with E-state index >= 15 is 0 Å². The number of aromatic nitrogens is 1. The van der Waals surface area contributed by atoms with Crippen molar-refractivity contribution in [3.8, 4) is 0 Å². The summed E-state index contributed by atoms with van der Waals surface area (Å²) >= 11 is 0. The van der Waals surface area contributed by atoms with E-state index in [9.17, 15) is 9.59 Å². The van der Waals surface area contributed by atoms with Crippen molar-refractivity contribution in [2.24, 2.45) is 18.7 Å². The monoisotopic (exact) mass is 318 g/mol. The third-order valence-electron chi connectivity index (χ3n) is 3.88. The number of amides is 1. The Morgan fingerprint density at radius 1 is 1.39 bits per heavy atom.